The number of nitrogens with one attached hydrogen (secondary N) is 1. The van der Waals surface area contributed by atoms with E-state index < -0.39 is 0 Å². The summed E-state index contributed by atoms with van der Waals surface area (Å²) >= 11 is 0. The molecule has 0 aliphatic carbocycles. The molecule has 1 aliphatic rings. The average molecular weight is 317 g/mol. The Morgan fingerprint density at radius 2 is 2.30 bits per heavy atom. The SMILES string of the molecule is CCCNC(=O)[C@H]1CCCN(c2ncnc3onc(CC)c23)C1. The predicted octanol–water partition coefficient (Wildman–Crippen LogP) is 1.92. The zero-order valence-corrected chi connectivity index (χ0v) is 13.7. The third-order valence-electron chi connectivity index (χ3n) is 4.30. The molecule has 3 rings (SSSR count). The van der Waals surface area contributed by atoms with Crippen LogP contribution in [0.2, 0.25) is 0 Å². The first kappa shape index (κ1) is 15.7. The Morgan fingerprint density at radius 3 is 3.09 bits per heavy atom. The zero-order chi connectivity index (χ0) is 16.2. The van der Waals surface area contributed by atoms with E-state index in [9.17, 15) is 4.79 Å². The van der Waals surface area contributed by atoms with E-state index in [1.165, 1.54) is 6.33 Å². The molecular weight excluding hydrogens is 294 g/mol. The van der Waals surface area contributed by atoms with E-state index >= 15 is 0 Å². The highest BCUT2D eigenvalue weighted by atomic mass is 16.5. The van der Waals surface area contributed by atoms with Crippen molar-refractivity contribution in [2.75, 3.05) is 24.5 Å². The van der Waals surface area contributed by atoms with Gasteiger partial charge in [-0.2, -0.15) is 4.98 Å². The molecule has 0 aromatic carbocycles. The zero-order valence-electron chi connectivity index (χ0n) is 13.7. The molecule has 1 atom stereocenters. The Labute approximate surface area is 135 Å². The summed E-state index contributed by atoms with van der Waals surface area (Å²) in [6.45, 7) is 6.39. The Morgan fingerprint density at radius 1 is 1.43 bits per heavy atom. The molecule has 1 fully saturated rings. The van der Waals surface area contributed by atoms with Gasteiger partial charge in [0.05, 0.1) is 11.6 Å². The quantitative estimate of drug-likeness (QED) is 0.907. The van der Waals surface area contributed by atoms with Crippen molar-refractivity contribution in [1.29, 1.82) is 0 Å². The van der Waals surface area contributed by atoms with Crippen molar-refractivity contribution in [2.45, 2.75) is 39.5 Å². The summed E-state index contributed by atoms with van der Waals surface area (Å²) < 4.78 is 5.29. The summed E-state index contributed by atoms with van der Waals surface area (Å²) in [5, 5.41) is 7.96. The van der Waals surface area contributed by atoms with Gasteiger partial charge >= 0.3 is 0 Å². The van der Waals surface area contributed by atoms with Crippen molar-refractivity contribution < 1.29 is 9.32 Å². The number of hydrogen-bond acceptors (Lipinski definition) is 6. The van der Waals surface area contributed by atoms with E-state index in [2.05, 4.69) is 32.3 Å². The Bertz CT molecular complexity index is 684. The van der Waals surface area contributed by atoms with Crippen LogP contribution in [0.5, 0.6) is 0 Å². The van der Waals surface area contributed by atoms with Gasteiger partial charge in [-0.3, -0.25) is 4.79 Å². The number of aromatic nitrogens is 3. The van der Waals surface area contributed by atoms with E-state index in [-0.39, 0.29) is 11.8 Å². The molecule has 23 heavy (non-hydrogen) atoms. The monoisotopic (exact) mass is 317 g/mol. The highest BCUT2D eigenvalue weighted by Crippen LogP contribution is 2.30. The molecule has 1 amide bonds. The molecule has 3 heterocycles. The molecule has 1 N–H and O–H groups in total. The maximum Gasteiger partial charge on any atom is 0.263 e. The molecular formula is C16H23N5O2. The summed E-state index contributed by atoms with van der Waals surface area (Å²) in [7, 11) is 0. The van der Waals surface area contributed by atoms with Gasteiger partial charge in [-0.25, -0.2) is 4.98 Å². The molecule has 0 saturated carbocycles. The summed E-state index contributed by atoms with van der Waals surface area (Å²) in [5.74, 6) is 0.981. The van der Waals surface area contributed by atoms with Gasteiger partial charge in [0.25, 0.3) is 5.71 Å². The van der Waals surface area contributed by atoms with Crippen LogP contribution in [0.4, 0.5) is 5.82 Å². The number of hydrogen-bond donors (Lipinski definition) is 1. The summed E-state index contributed by atoms with van der Waals surface area (Å²) in [6, 6.07) is 0. The van der Waals surface area contributed by atoms with Crippen LogP contribution in [-0.2, 0) is 11.2 Å². The van der Waals surface area contributed by atoms with E-state index in [0.717, 1.165) is 55.7 Å². The van der Waals surface area contributed by atoms with Gasteiger partial charge in [-0.15, -0.1) is 0 Å². The Kier molecular flexibility index (Phi) is 4.73. The number of carbonyl (C=O) groups excluding carboxylic acids is 1. The molecule has 0 unspecified atom stereocenters. The van der Waals surface area contributed by atoms with E-state index in [4.69, 9.17) is 4.52 Å². The minimum absolute atomic E-state index is 0.00486. The van der Waals surface area contributed by atoms with Crippen LogP contribution in [0.15, 0.2) is 10.9 Å². The number of aryl methyl sites for hydroxylation is 1. The van der Waals surface area contributed by atoms with Crippen molar-refractivity contribution >= 4 is 22.8 Å². The van der Waals surface area contributed by atoms with Crippen molar-refractivity contribution in [2.24, 2.45) is 5.92 Å². The van der Waals surface area contributed by atoms with Crippen LogP contribution in [0.25, 0.3) is 11.1 Å². The van der Waals surface area contributed by atoms with Crippen molar-refractivity contribution in [3.63, 3.8) is 0 Å². The van der Waals surface area contributed by atoms with Crippen molar-refractivity contribution in [1.82, 2.24) is 20.4 Å². The molecule has 1 aliphatic heterocycles. The van der Waals surface area contributed by atoms with Gasteiger partial charge in [0.15, 0.2) is 0 Å². The predicted molar refractivity (Wildman–Crippen MR) is 87.2 cm³/mol. The first-order chi connectivity index (χ1) is 11.2. The fraction of sp³-hybridized carbons (Fsp3) is 0.625. The normalized spacial score (nSPS) is 18.3. The van der Waals surface area contributed by atoms with Crippen LogP contribution < -0.4 is 10.2 Å². The highest BCUT2D eigenvalue weighted by molar-refractivity contribution is 5.88. The topological polar surface area (TPSA) is 84.2 Å². The molecule has 7 nitrogen and oxygen atoms in total. The van der Waals surface area contributed by atoms with Gasteiger partial charge < -0.3 is 14.7 Å². The molecule has 0 radical (unpaired) electrons. The number of fused-ring (bicyclic) bond motifs is 1. The number of rotatable bonds is 5. The minimum Gasteiger partial charge on any atom is -0.356 e. The van der Waals surface area contributed by atoms with Crippen LogP contribution in [-0.4, -0.2) is 40.7 Å². The minimum atomic E-state index is 0.00486. The first-order valence-corrected chi connectivity index (χ1v) is 8.36. The lowest BCUT2D eigenvalue weighted by Gasteiger charge is -2.33. The largest absolute Gasteiger partial charge is 0.356 e. The molecule has 1 saturated heterocycles. The van der Waals surface area contributed by atoms with Crippen LogP contribution in [0.3, 0.4) is 0 Å². The molecule has 7 heteroatoms. The lowest BCUT2D eigenvalue weighted by Crippen LogP contribution is -2.43. The molecule has 0 spiro atoms. The molecule has 0 bridgehead atoms. The third-order valence-corrected chi connectivity index (χ3v) is 4.30. The highest BCUT2D eigenvalue weighted by Gasteiger charge is 2.28. The second-order valence-electron chi connectivity index (χ2n) is 5.94. The molecule has 2 aromatic heterocycles. The van der Waals surface area contributed by atoms with E-state index in [1.54, 1.807) is 0 Å². The van der Waals surface area contributed by atoms with E-state index in [0.29, 0.717) is 12.3 Å². The van der Waals surface area contributed by atoms with Gasteiger partial charge in [0.1, 0.15) is 17.5 Å². The van der Waals surface area contributed by atoms with Gasteiger partial charge in [0.2, 0.25) is 5.91 Å². The van der Waals surface area contributed by atoms with Crippen molar-refractivity contribution in [3.05, 3.63) is 12.0 Å². The number of nitrogens with zero attached hydrogens (tertiary/aromatic N) is 4. The van der Waals surface area contributed by atoms with Gasteiger partial charge in [0, 0.05) is 19.6 Å². The number of anilines is 1. The van der Waals surface area contributed by atoms with Crippen LogP contribution in [0, 0.1) is 5.92 Å². The van der Waals surface area contributed by atoms with Crippen molar-refractivity contribution in [3.8, 4) is 0 Å². The van der Waals surface area contributed by atoms with Gasteiger partial charge in [-0.1, -0.05) is 19.0 Å². The second kappa shape index (κ2) is 6.93. The standard InChI is InChI=1S/C16H23N5O2/c1-3-7-17-15(22)11-6-5-8-21(9-11)14-13-12(4-2)20-23-16(13)19-10-18-14/h10-11H,3-9H2,1-2H3,(H,17,22)/t11-/m0/s1. The Hall–Kier alpha value is -2.18. The van der Waals surface area contributed by atoms with E-state index in [1.807, 2.05) is 6.92 Å². The van der Waals surface area contributed by atoms with Crippen LogP contribution in [0.1, 0.15) is 38.8 Å². The second-order valence-corrected chi connectivity index (χ2v) is 5.94. The van der Waals surface area contributed by atoms with Gasteiger partial charge in [-0.05, 0) is 25.7 Å². The maximum atomic E-state index is 12.3. The molecule has 124 valence electrons. The fourth-order valence-electron chi connectivity index (χ4n) is 3.08. The average Bonchev–Trinajstić information content (AvgIpc) is 3.03. The van der Waals surface area contributed by atoms with Crippen LogP contribution >= 0.6 is 0 Å². The lowest BCUT2D eigenvalue weighted by atomic mass is 9.97. The summed E-state index contributed by atoms with van der Waals surface area (Å²) in [4.78, 5) is 23.0. The summed E-state index contributed by atoms with van der Waals surface area (Å²) in [5.41, 5.74) is 1.39. The molecule has 2 aromatic rings. The Balaban J connectivity index is 1.84. The smallest absolute Gasteiger partial charge is 0.263 e. The third kappa shape index (κ3) is 3.13. The number of carbonyl (C=O) groups is 1. The fourth-order valence-corrected chi connectivity index (χ4v) is 3.08. The number of piperidine rings is 1. The summed E-state index contributed by atoms with van der Waals surface area (Å²) in [6.07, 6.45) is 5.12. The lowest BCUT2D eigenvalue weighted by molar-refractivity contribution is -0.125. The first-order valence-electron chi connectivity index (χ1n) is 8.36. The number of amides is 1. The maximum absolute atomic E-state index is 12.3.